The van der Waals surface area contributed by atoms with Crippen molar-refractivity contribution >= 4 is 11.9 Å². The summed E-state index contributed by atoms with van der Waals surface area (Å²) in [7, 11) is 1.47. The molecule has 0 unspecified atom stereocenters. The fourth-order valence-electron chi connectivity index (χ4n) is 1.60. The molecule has 6 nitrogen and oxygen atoms in total. The summed E-state index contributed by atoms with van der Waals surface area (Å²) in [5.41, 5.74) is -0.291. The third kappa shape index (κ3) is 3.33. The summed E-state index contributed by atoms with van der Waals surface area (Å²) < 4.78 is 18.9. The molecule has 0 saturated heterocycles. The van der Waals surface area contributed by atoms with Gasteiger partial charge in [-0.15, -0.1) is 0 Å². The van der Waals surface area contributed by atoms with Crippen molar-refractivity contribution in [3.8, 4) is 11.5 Å². The van der Waals surface area contributed by atoms with E-state index in [1.165, 1.54) is 31.4 Å². The van der Waals surface area contributed by atoms with Crippen LogP contribution in [-0.2, 0) is 0 Å². The van der Waals surface area contributed by atoms with Crippen molar-refractivity contribution in [3.05, 3.63) is 53.6 Å². The number of aromatic nitrogens is 1. The molecule has 21 heavy (non-hydrogen) atoms. The molecule has 0 bridgehead atoms. The lowest BCUT2D eigenvalue weighted by atomic mass is 10.2. The largest absolute Gasteiger partial charge is 0.478 e. The molecule has 0 aliphatic carbocycles. The molecule has 0 radical (unpaired) electrons. The van der Waals surface area contributed by atoms with E-state index in [0.29, 0.717) is 0 Å². The number of hydrogen-bond donors (Lipinski definition) is 2. The van der Waals surface area contributed by atoms with Crippen LogP contribution < -0.4 is 10.1 Å². The Morgan fingerprint density at radius 1 is 1.24 bits per heavy atom. The number of carboxylic acid groups (broad SMARTS) is 1. The Labute approximate surface area is 119 Å². The number of ether oxygens (including phenoxy) is 1. The zero-order valence-corrected chi connectivity index (χ0v) is 11.0. The predicted molar refractivity (Wildman–Crippen MR) is 71.1 cm³/mol. The van der Waals surface area contributed by atoms with Crippen molar-refractivity contribution in [3.63, 3.8) is 0 Å². The average Bonchev–Trinajstić information content (AvgIpc) is 2.46. The van der Waals surface area contributed by atoms with Gasteiger partial charge in [-0.25, -0.2) is 9.18 Å². The molecule has 2 aromatic rings. The second-order valence-electron chi connectivity index (χ2n) is 4.00. The van der Waals surface area contributed by atoms with Gasteiger partial charge >= 0.3 is 5.97 Å². The summed E-state index contributed by atoms with van der Waals surface area (Å²) >= 11 is 0. The van der Waals surface area contributed by atoms with Crippen LogP contribution in [0.3, 0.4) is 0 Å². The van der Waals surface area contributed by atoms with Gasteiger partial charge in [-0.2, -0.15) is 0 Å². The number of nitrogens with one attached hydrogen (secondary N) is 1. The predicted octanol–water partition coefficient (Wildman–Crippen LogP) is 2.07. The second kappa shape index (κ2) is 6.00. The molecule has 7 heteroatoms. The molecule has 2 rings (SSSR count). The number of amides is 1. The van der Waals surface area contributed by atoms with Crippen molar-refractivity contribution in [2.24, 2.45) is 0 Å². The van der Waals surface area contributed by atoms with E-state index >= 15 is 0 Å². The molecular formula is C14H11FN2O4. The Hall–Kier alpha value is -2.96. The van der Waals surface area contributed by atoms with Gasteiger partial charge in [-0.3, -0.25) is 9.78 Å². The van der Waals surface area contributed by atoms with E-state index in [0.717, 1.165) is 12.1 Å². The normalized spacial score (nSPS) is 10.0. The van der Waals surface area contributed by atoms with Gasteiger partial charge in [-0.05, 0) is 18.2 Å². The summed E-state index contributed by atoms with van der Waals surface area (Å²) in [5, 5.41) is 11.2. The van der Waals surface area contributed by atoms with Gasteiger partial charge in [0, 0.05) is 25.4 Å². The summed E-state index contributed by atoms with van der Waals surface area (Å²) in [6.07, 6.45) is 1.38. The average molecular weight is 290 g/mol. The van der Waals surface area contributed by atoms with Crippen molar-refractivity contribution in [2.75, 3.05) is 7.05 Å². The molecule has 0 fully saturated rings. The fourth-order valence-corrected chi connectivity index (χ4v) is 1.60. The van der Waals surface area contributed by atoms with Gasteiger partial charge in [0.2, 0.25) is 0 Å². The minimum atomic E-state index is -1.36. The summed E-state index contributed by atoms with van der Waals surface area (Å²) in [6.45, 7) is 0. The molecule has 108 valence electrons. The lowest BCUT2D eigenvalue weighted by molar-refractivity contribution is 0.0691. The van der Waals surface area contributed by atoms with Crippen molar-refractivity contribution in [1.29, 1.82) is 0 Å². The number of nitrogens with zero attached hydrogens (tertiary/aromatic N) is 1. The molecule has 2 N–H and O–H groups in total. The Morgan fingerprint density at radius 2 is 1.95 bits per heavy atom. The zero-order valence-electron chi connectivity index (χ0n) is 11.0. The molecule has 1 amide bonds. The zero-order chi connectivity index (χ0) is 15.4. The number of pyridine rings is 1. The van der Waals surface area contributed by atoms with E-state index in [9.17, 15) is 14.0 Å². The van der Waals surface area contributed by atoms with E-state index in [1.54, 1.807) is 0 Å². The molecule has 0 atom stereocenters. The van der Waals surface area contributed by atoms with Gasteiger partial charge in [0.25, 0.3) is 5.91 Å². The van der Waals surface area contributed by atoms with Crippen LogP contribution in [0.2, 0.25) is 0 Å². The van der Waals surface area contributed by atoms with E-state index in [-0.39, 0.29) is 23.1 Å². The maximum atomic E-state index is 13.5. The first-order chi connectivity index (χ1) is 10.0. The Balaban J connectivity index is 2.24. The van der Waals surface area contributed by atoms with Crippen molar-refractivity contribution in [1.82, 2.24) is 10.3 Å². The number of carbonyl (C=O) groups is 2. The Kier molecular flexibility index (Phi) is 4.13. The first-order valence-electron chi connectivity index (χ1n) is 5.90. The van der Waals surface area contributed by atoms with Crippen LogP contribution in [0.15, 0.2) is 36.5 Å². The third-order valence-corrected chi connectivity index (χ3v) is 2.60. The fraction of sp³-hybridized carbons (Fsp3) is 0.0714. The van der Waals surface area contributed by atoms with Gasteiger partial charge in [0.05, 0.1) is 5.56 Å². The number of aromatic carboxylic acids is 1. The lowest BCUT2D eigenvalue weighted by Crippen LogP contribution is -2.18. The highest BCUT2D eigenvalue weighted by molar-refractivity contribution is 5.92. The molecule has 1 heterocycles. The van der Waals surface area contributed by atoms with Gasteiger partial charge in [-0.1, -0.05) is 0 Å². The molecule has 1 aromatic heterocycles. The van der Waals surface area contributed by atoms with E-state index in [2.05, 4.69) is 10.3 Å². The van der Waals surface area contributed by atoms with E-state index in [4.69, 9.17) is 9.84 Å². The van der Waals surface area contributed by atoms with Crippen LogP contribution in [0.25, 0.3) is 0 Å². The molecular weight excluding hydrogens is 279 g/mol. The van der Waals surface area contributed by atoms with Gasteiger partial charge in [0.1, 0.15) is 23.0 Å². The Morgan fingerprint density at radius 3 is 2.57 bits per heavy atom. The van der Waals surface area contributed by atoms with E-state index in [1.807, 2.05) is 0 Å². The number of hydrogen-bond acceptors (Lipinski definition) is 4. The van der Waals surface area contributed by atoms with Crippen molar-refractivity contribution < 1.29 is 23.8 Å². The molecule has 0 aliphatic heterocycles. The second-order valence-corrected chi connectivity index (χ2v) is 4.00. The minimum Gasteiger partial charge on any atom is -0.478 e. The molecule has 0 spiro atoms. The highest BCUT2D eigenvalue weighted by Crippen LogP contribution is 2.23. The smallest absolute Gasteiger partial charge is 0.338 e. The lowest BCUT2D eigenvalue weighted by Gasteiger charge is -2.07. The maximum Gasteiger partial charge on any atom is 0.338 e. The van der Waals surface area contributed by atoms with Crippen LogP contribution in [0.1, 0.15) is 20.8 Å². The van der Waals surface area contributed by atoms with Crippen LogP contribution in [0, 0.1) is 5.82 Å². The van der Waals surface area contributed by atoms with Crippen LogP contribution >= 0.6 is 0 Å². The van der Waals surface area contributed by atoms with Crippen LogP contribution in [0.5, 0.6) is 11.5 Å². The monoisotopic (exact) mass is 290 g/mol. The number of benzene rings is 1. The SMILES string of the molecule is CNC(=O)c1cc(Oc2ccc(C(=O)O)c(F)c2)ccn1. The van der Waals surface area contributed by atoms with Crippen LogP contribution in [0.4, 0.5) is 4.39 Å². The highest BCUT2D eigenvalue weighted by atomic mass is 19.1. The summed E-state index contributed by atoms with van der Waals surface area (Å²) in [5.74, 6) is -2.24. The summed E-state index contributed by atoms with van der Waals surface area (Å²) in [6, 6.07) is 6.28. The third-order valence-electron chi connectivity index (χ3n) is 2.60. The standard InChI is InChI=1S/C14H11FN2O4/c1-16-13(18)12-7-9(4-5-17-12)21-8-2-3-10(14(19)20)11(15)6-8/h2-7H,1H3,(H,16,18)(H,19,20). The molecule has 0 saturated carbocycles. The number of halogens is 1. The Bertz CT molecular complexity index is 703. The van der Waals surface area contributed by atoms with Crippen LogP contribution in [-0.4, -0.2) is 29.0 Å². The summed E-state index contributed by atoms with van der Waals surface area (Å²) in [4.78, 5) is 26.0. The van der Waals surface area contributed by atoms with Gasteiger partial charge in [0.15, 0.2) is 0 Å². The van der Waals surface area contributed by atoms with E-state index < -0.39 is 17.3 Å². The van der Waals surface area contributed by atoms with Crippen molar-refractivity contribution in [2.45, 2.75) is 0 Å². The molecule has 1 aromatic carbocycles. The topological polar surface area (TPSA) is 88.5 Å². The first-order valence-corrected chi connectivity index (χ1v) is 5.90. The number of carboxylic acids is 1. The maximum absolute atomic E-state index is 13.5. The minimum absolute atomic E-state index is 0.117. The number of carbonyl (C=O) groups excluding carboxylic acids is 1. The first kappa shape index (κ1) is 14.4. The number of rotatable bonds is 4. The molecule has 0 aliphatic rings. The van der Waals surface area contributed by atoms with Gasteiger partial charge < -0.3 is 15.2 Å². The quantitative estimate of drug-likeness (QED) is 0.900. The highest BCUT2D eigenvalue weighted by Gasteiger charge is 2.12.